The van der Waals surface area contributed by atoms with Crippen molar-refractivity contribution >= 4 is 22.4 Å². The van der Waals surface area contributed by atoms with Crippen LogP contribution >= 0.6 is 0 Å². The number of hydrogen-bond donors (Lipinski definition) is 2. The molecule has 0 atom stereocenters. The first-order chi connectivity index (χ1) is 9.72. The topological polar surface area (TPSA) is 76.7 Å². The van der Waals surface area contributed by atoms with Gasteiger partial charge in [0.1, 0.15) is 5.82 Å². The van der Waals surface area contributed by atoms with Gasteiger partial charge in [-0.25, -0.2) is 9.97 Å². The van der Waals surface area contributed by atoms with Gasteiger partial charge in [0.25, 0.3) is 0 Å². The van der Waals surface area contributed by atoms with Crippen LogP contribution in [0.4, 0.5) is 11.5 Å². The number of pyridine rings is 1. The Hall–Kier alpha value is -2.69. The van der Waals surface area contributed by atoms with Crippen LogP contribution in [0.1, 0.15) is 11.4 Å². The normalized spacial score (nSPS) is 10.7. The number of nitrogen functional groups attached to an aromatic ring is 1. The fraction of sp³-hybridized carbons (Fsp3) is 0.133. The fourth-order valence-corrected chi connectivity index (χ4v) is 2.04. The van der Waals surface area contributed by atoms with Crippen LogP contribution < -0.4 is 11.1 Å². The molecule has 100 valence electrons. The van der Waals surface area contributed by atoms with Gasteiger partial charge in [0.15, 0.2) is 5.82 Å². The van der Waals surface area contributed by atoms with Crippen LogP contribution in [-0.2, 0) is 6.54 Å². The largest absolute Gasteiger partial charge is 0.394 e. The minimum atomic E-state index is 0.554. The zero-order chi connectivity index (χ0) is 13.9. The minimum Gasteiger partial charge on any atom is -0.394 e. The lowest BCUT2D eigenvalue weighted by Crippen LogP contribution is -2.06. The first kappa shape index (κ1) is 12.3. The van der Waals surface area contributed by atoms with Crippen molar-refractivity contribution < 1.29 is 0 Å². The molecule has 0 unspecified atom stereocenters. The average molecular weight is 265 g/mol. The minimum absolute atomic E-state index is 0.554. The van der Waals surface area contributed by atoms with Crippen LogP contribution in [-0.4, -0.2) is 15.0 Å². The summed E-state index contributed by atoms with van der Waals surface area (Å²) in [7, 11) is 0. The molecule has 0 spiro atoms. The number of rotatable bonds is 3. The number of benzene rings is 1. The molecule has 5 heteroatoms. The molecule has 0 fully saturated rings. The maximum absolute atomic E-state index is 5.85. The molecule has 0 bridgehead atoms. The van der Waals surface area contributed by atoms with Gasteiger partial charge in [0, 0.05) is 18.1 Å². The van der Waals surface area contributed by atoms with Gasteiger partial charge in [0.2, 0.25) is 0 Å². The number of nitrogens with two attached hydrogens (primary N) is 1. The van der Waals surface area contributed by atoms with Gasteiger partial charge in [-0.2, -0.15) is 0 Å². The summed E-state index contributed by atoms with van der Waals surface area (Å²) in [5.41, 5.74) is 8.55. The molecule has 3 N–H and O–H groups in total. The van der Waals surface area contributed by atoms with E-state index in [9.17, 15) is 0 Å². The Balaban J connectivity index is 1.81. The highest BCUT2D eigenvalue weighted by Crippen LogP contribution is 2.17. The van der Waals surface area contributed by atoms with Crippen molar-refractivity contribution in [3.05, 3.63) is 54.1 Å². The predicted molar refractivity (Wildman–Crippen MR) is 80.3 cm³/mol. The number of anilines is 2. The summed E-state index contributed by atoms with van der Waals surface area (Å²) in [6, 6.07) is 10.2. The molecule has 0 amide bonds. The molecule has 0 aliphatic rings. The lowest BCUT2D eigenvalue weighted by Gasteiger charge is -2.09. The van der Waals surface area contributed by atoms with Gasteiger partial charge in [-0.15, -0.1) is 0 Å². The van der Waals surface area contributed by atoms with Crippen molar-refractivity contribution in [3.63, 3.8) is 0 Å². The summed E-state index contributed by atoms with van der Waals surface area (Å²) in [4.78, 5) is 12.6. The van der Waals surface area contributed by atoms with Crippen molar-refractivity contribution in [1.82, 2.24) is 15.0 Å². The fourth-order valence-electron chi connectivity index (χ4n) is 2.04. The molecule has 3 rings (SSSR count). The van der Waals surface area contributed by atoms with Crippen molar-refractivity contribution in [3.8, 4) is 0 Å². The molecular formula is C15H15N5. The van der Waals surface area contributed by atoms with Crippen LogP contribution in [0, 0.1) is 6.92 Å². The number of hydrogen-bond acceptors (Lipinski definition) is 5. The highest BCUT2D eigenvalue weighted by Gasteiger charge is 2.02. The third kappa shape index (κ3) is 2.51. The van der Waals surface area contributed by atoms with E-state index in [1.165, 1.54) is 0 Å². The number of aromatic nitrogens is 3. The third-order valence-electron chi connectivity index (χ3n) is 3.06. The summed E-state index contributed by atoms with van der Waals surface area (Å²) in [6.45, 7) is 2.50. The van der Waals surface area contributed by atoms with E-state index < -0.39 is 0 Å². The lowest BCUT2D eigenvalue weighted by molar-refractivity contribution is 1.03. The monoisotopic (exact) mass is 265 g/mol. The maximum atomic E-state index is 5.85. The zero-order valence-electron chi connectivity index (χ0n) is 11.2. The van der Waals surface area contributed by atoms with Crippen LogP contribution in [0.2, 0.25) is 0 Å². The zero-order valence-corrected chi connectivity index (χ0v) is 11.2. The van der Waals surface area contributed by atoms with Crippen LogP contribution in [0.25, 0.3) is 10.9 Å². The molecule has 0 saturated carbocycles. The number of aryl methyl sites for hydroxylation is 1. The second-order valence-corrected chi connectivity index (χ2v) is 4.61. The van der Waals surface area contributed by atoms with Gasteiger partial charge in [-0.3, -0.25) is 4.98 Å². The standard InChI is InChI=1S/C15H15N5/c1-10-18-9-13(16)15(20-10)19-8-11-4-5-14-12(7-11)3-2-6-17-14/h2-7,9H,8,16H2,1H3,(H,18,19,20). The van der Waals surface area contributed by atoms with Crippen molar-refractivity contribution in [1.29, 1.82) is 0 Å². The summed E-state index contributed by atoms with van der Waals surface area (Å²) >= 11 is 0. The van der Waals surface area contributed by atoms with E-state index in [2.05, 4.69) is 32.4 Å². The molecular weight excluding hydrogens is 250 g/mol. The smallest absolute Gasteiger partial charge is 0.153 e. The number of nitrogens with zero attached hydrogens (tertiary/aromatic N) is 3. The Morgan fingerprint density at radius 1 is 1.20 bits per heavy atom. The third-order valence-corrected chi connectivity index (χ3v) is 3.06. The molecule has 1 aromatic carbocycles. The van der Waals surface area contributed by atoms with Gasteiger partial charge in [0.05, 0.1) is 17.4 Å². The molecule has 2 aromatic heterocycles. The molecule has 0 aliphatic heterocycles. The Morgan fingerprint density at radius 2 is 2.10 bits per heavy atom. The highest BCUT2D eigenvalue weighted by molar-refractivity contribution is 5.79. The number of nitrogens with one attached hydrogen (secondary N) is 1. The Labute approximate surface area is 116 Å². The van der Waals surface area contributed by atoms with E-state index in [4.69, 9.17) is 5.73 Å². The van der Waals surface area contributed by atoms with Gasteiger partial charge < -0.3 is 11.1 Å². The van der Waals surface area contributed by atoms with E-state index in [-0.39, 0.29) is 0 Å². The lowest BCUT2D eigenvalue weighted by atomic mass is 10.1. The summed E-state index contributed by atoms with van der Waals surface area (Å²) < 4.78 is 0. The van der Waals surface area contributed by atoms with E-state index in [1.807, 2.05) is 25.1 Å². The molecule has 0 saturated heterocycles. The summed E-state index contributed by atoms with van der Waals surface area (Å²) in [6.07, 6.45) is 3.42. The SMILES string of the molecule is Cc1ncc(N)c(NCc2ccc3ncccc3c2)n1. The summed E-state index contributed by atoms with van der Waals surface area (Å²) in [5, 5.41) is 4.36. The maximum Gasteiger partial charge on any atom is 0.153 e. The first-order valence-corrected chi connectivity index (χ1v) is 6.39. The van der Waals surface area contributed by atoms with Gasteiger partial charge in [-0.05, 0) is 30.7 Å². The molecule has 0 aliphatic carbocycles. The molecule has 20 heavy (non-hydrogen) atoms. The molecule has 0 radical (unpaired) electrons. The number of fused-ring (bicyclic) bond motifs is 1. The molecule has 5 nitrogen and oxygen atoms in total. The Bertz CT molecular complexity index is 754. The Morgan fingerprint density at radius 3 is 3.00 bits per heavy atom. The van der Waals surface area contributed by atoms with Crippen LogP contribution in [0.3, 0.4) is 0 Å². The average Bonchev–Trinajstić information content (AvgIpc) is 2.48. The van der Waals surface area contributed by atoms with E-state index >= 15 is 0 Å². The van der Waals surface area contributed by atoms with Crippen molar-refractivity contribution in [2.24, 2.45) is 0 Å². The highest BCUT2D eigenvalue weighted by atomic mass is 15.0. The van der Waals surface area contributed by atoms with Crippen LogP contribution in [0.5, 0.6) is 0 Å². The predicted octanol–water partition coefficient (Wildman–Crippen LogP) is 2.53. The molecule has 2 heterocycles. The summed E-state index contributed by atoms with van der Waals surface area (Å²) in [5.74, 6) is 1.37. The second kappa shape index (κ2) is 5.13. The van der Waals surface area contributed by atoms with E-state index in [1.54, 1.807) is 12.4 Å². The van der Waals surface area contributed by atoms with Crippen molar-refractivity contribution in [2.45, 2.75) is 13.5 Å². The van der Waals surface area contributed by atoms with E-state index in [0.29, 0.717) is 23.9 Å². The van der Waals surface area contributed by atoms with E-state index in [0.717, 1.165) is 16.5 Å². The first-order valence-electron chi connectivity index (χ1n) is 6.39. The Kier molecular flexibility index (Phi) is 3.16. The second-order valence-electron chi connectivity index (χ2n) is 4.61. The van der Waals surface area contributed by atoms with Gasteiger partial charge in [-0.1, -0.05) is 12.1 Å². The molecule has 3 aromatic rings. The quantitative estimate of drug-likeness (QED) is 0.761. The van der Waals surface area contributed by atoms with Gasteiger partial charge >= 0.3 is 0 Å². The van der Waals surface area contributed by atoms with Crippen molar-refractivity contribution in [2.75, 3.05) is 11.1 Å². The van der Waals surface area contributed by atoms with Crippen LogP contribution in [0.15, 0.2) is 42.7 Å².